The van der Waals surface area contributed by atoms with Gasteiger partial charge in [-0.05, 0) is 37.6 Å². The molecule has 1 rings (SSSR count). The highest BCUT2D eigenvalue weighted by Crippen LogP contribution is 2.20. The van der Waals surface area contributed by atoms with E-state index in [0.717, 1.165) is 11.3 Å². The first-order valence-corrected chi connectivity index (χ1v) is 5.27. The molecule has 0 bridgehead atoms. The number of nitrogens with one attached hydrogen (secondary N) is 1. The highest BCUT2D eigenvalue weighted by molar-refractivity contribution is 6.31. The van der Waals surface area contributed by atoms with Crippen molar-refractivity contribution in [2.24, 2.45) is 5.73 Å². The summed E-state index contributed by atoms with van der Waals surface area (Å²) in [5.74, 6) is -0.0224. The first kappa shape index (κ1) is 15.2. The molecule has 0 heterocycles. The quantitative estimate of drug-likeness (QED) is 0.877. The predicted octanol–water partition coefficient (Wildman–Crippen LogP) is 2.75. The first-order valence-electron chi connectivity index (χ1n) is 4.89. The second-order valence-corrected chi connectivity index (χ2v) is 3.84. The van der Waals surface area contributed by atoms with Crippen molar-refractivity contribution < 1.29 is 4.79 Å². The van der Waals surface area contributed by atoms with Crippen molar-refractivity contribution in [2.45, 2.75) is 19.8 Å². The Morgan fingerprint density at radius 1 is 1.50 bits per heavy atom. The lowest BCUT2D eigenvalue weighted by Crippen LogP contribution is -2.14. The van der Waals surface area contributed by atoms with Gasteiger partial charge in [-0.1, -0.05) is 17.7 Å². The highest BCUT2D eigenvalue weighted by Gasteiger charge is 2.04. The van der Waals surface area contributed by atoms with Gasteiger partial charge in [0.15, 0.2) is 0 Å². The number of hydrogen-bond acceptors (Lipinski definition) is 2. The van der Waals surface area contributed by atoms with Gasteiger partial charge in [-0.15, -0.1) is 12.4 Å². The maximum Gasteiger partial charge on any atom is 0.224 e. The summed E-state index contributed by atoms with van der Waals surface area (Å²) < 4.78 is 0. The van der Waals surface area contributed by atoms with Crippen molar-refractivity contribution in [3.63, 3.8) is 0 Å². The Kier molecular flexibility index (Phi) is 7.13. The number of aryl methyl sites for hydroxylation is 1. The summed E-state index contributed by atoms with van der Waals surface area (Å²) in [4.78, 5) is 11.4. The van der Waals surface area contributed by atoms with E-state index in [4.69, 9.17) is 17.3 Å². The molecule has 16 heavy (non-hydrogen) atoms. The van der Waals surface area contributed by atoms with Crippen molar-refractivity contribution in [1.82, 2.24) is 0 Å². The van der Waals surface area contributed by atoms with E-state index in [0.29, 0.717) is 24.4 Å². The van der Waals surface area contributed by atoms with Crippen molar-refractivity contribution in [2.75, 3.05) is 11.9 Å². The van der Waals surface area contributed by atoms with E-state index in [9.17, 15) is 4.79 Å². The minimum absolute atomic E-state index is 0. The monoisotopic (exact) mass is 262 g/mol. The number of benzene rings is 1. The zero-order valence-electron chi connectivity index (χ0n) is 9.13. The zero-order valence-corrected chi connectivity index (χ0v) is 10.7. The van der Waals surface area contributed by atoms with Crippen LogP contribution in [0.4, 0.5) is 5.69 Å². The Bertz CT molecular complexity index is 356. The second-order valence-electron chi connectivity index (χ2n) is 3.40. The van der Waals surface area contributed by atoms with Crippen LogP contribution in [-0.2, 0) is 4.79 Å². The van der Waals surface area contributed by atoms with Gasteiger partial charge >= 0.3 is 0 Å². The van der Waals surface area contributed by atoms with Gasteiger partial charge in [-0.25, -0.2) is 0 Å². The van der Waals surface area contributed by atoms with Gasteiger partial charge in [-0.2, -0.15) is 0 Å². The Morgan fingerprint density at radius 2 is 2.19 bits per heavy atom. The van der Waals surface area contributed by atoms with Gasteiger partial charge in [0.1, 0.15) is 0 Å². The van der Waals surface area contributed by atoms with Crippen molar-refractivity contribution >= 4 is 35.6 Å². The van der Waals surface area contributed by atoms with Crippen LogP contribution in [0.2, 0.25) is 5.02 Å². The fraction of sp³-hybridized carbons (Fsp3) is 0.364. The molecule has 3 nitrogen and oxygen atoms in total. The van der Waals surface area contributed by atoms with Crippen molar-refractivity contribution in [3.8, 4) is 0 Å². The van der Waals surface area contributed by atoms with Gasteiger partial charge in [0, 0.05) is 17.1 Å². The molecule has 0 fully saturated rings. The molecule has 0 aliphatic rings. The predicted molar refractivity (Wildman–Crippen MR) is 70.4 cm³/mol. The smallest absolute Gasteiger partial charge is 0.224 e. The third-order valence-electron chi connectivity index (χ3n) is 2.08. The lowest BCUT2D eigenvalue weighted by atomic mass is 10.2. The molecule has 0 unspecified atom stereocenters. The van der Waals surface area contributed by atoms with E-state index in [1.807, 2.05) is 13.0 Å². The van der Waals surface area contributed by atoms with E-state index in [1.54, 1.807) is 12.1 Å². The lowest BCUT2D eigenvalue weighted by Gasteiger charge is -2.08. The molecule has 0 spiro atoms. The van der Waals surface area contributed by atoms with Crippen LogP contribution in [0.15, 0.2) is 18.2 Å². The van der Waals surface area contributed by atoms with Gasteiger partial charge < -0.3 is 11.1 Å². The topological polar surface area (TPSA) is 55.1 Å². The number of hydrogen-bond donors (Lipinski definition) is 2. The number of carbonyl (C=O) groups is 1. The molecule has 1 aromatic carbocycles. The highest BCUT2D eigenvalue weighted by atomic mass is 35.5. The zero-order chi connectivity index (χ0) is 11.3. The number of halogens is 2. The molecule has 1 aromatic rings. The molecule has 0 aliphatic carbocycles. The van der Waals surface area contributed by atoms with Crippen LogP contribution in [0, 0.1) is 6.92 Å². The number of anilines is 1. The fourth-order valence-corrected chi connectivity index (χ4v) is 1.38. The molecule has 0 atom stereocenters. The van der Waals surface area contributed by atoms with Crippen LogP contribution in [0.3, 0.4) is 0 Å². The van der Waals surface area contributed by atoms with Crippen LogP contribution in [0.5, 0.6) is 0 Å². The van der Waals surface area contributed by atoms with Crippen molar-refractivity contribution in [3.05, 3.63) is 28.8 Å². The Morgan fingerprint density at radius 3 is 2.81 bits per heavy atom. The fourth-order valence-electron chi connectivity index (χ4n) is 1.20. The summed E-state index contributed by atoms with van der Waals surface area (Å²) in [5.41, 5.74) is 7.09. The molecule has 0 saturated carbocycles. The van der Waals surface area contributed by atoms with Gasteiger partial charge in [0.25, 0.3) is 0 Å². The molecule has 3 N–H and O–H groups in total. The summed E-state index contributed by atoms with van der Waals surface area (Å²) in [7, 11) is 0. The molecule has 90 valence electrons. The molecule has 0 radical (unpaired) electrons. The van der Waals surface area contributed by atoms with E-state index in [2.05, 4.69) is 5.32 Å². The maximum atomic E-state index is 11.4. The van der Waals surface area contributed by atoms with Crippen LogP contribution < -0.4 is 11.1 Å². The summed E-state index contributed by atoms with van der Waals surface area (Å²) in [5, 5.41) is 3.43. The average molecular weight is 263 g/mol. The Balaban J connectivity index is 0.00000225. The number of nitrogens with two attached hydrogens (primary N) is 1. The van der Waals surface area contributed by atoms with Crippen LogP contribution in [0.1, 0.15) is 18.4 Å². The normalized spacial score (nSPS) is 9.44. The SMILES string of the molecule is Cc1ccc(Cl)cc1NC(=O)CCCN.Cl. The molecular weight excluding hydrogens is 247 g/mol. The molecular formula is C11H16Cl2N2O. The summed E-state index contributed by atoms with van der Waals surface area (Å²) in [6.07, 6.45) is 1.15. The third-order valence-corrected chi connectivity index (χ3v) is 2.32. The van der Waals surface area contributed by atoms with Gasteiger partial charge in [0.05, 0.1) is 0 Å². The molecule has 0 saturated heterocycles. The first-order chi connectivity index (χ1) is 7.13. The van der Waals surface area contributed by atoms with Crippen LogP contribution >= 0.6 is 24.0 Å². The van der Waals surface area contributed by atoms with E-state index >= 15 is 0 Å². The molecule has 1 amide bonds. The Hall–Kier alpha value is -0.770. The van der Waals surface area contributed by atoms with Gasteiger partial charge in [0.2, 0.25) is 5.91 Å². The van der Waals surface area contributed by atoms with Crippen LogP contribution in [-0.4, -0.2) is 12.5 Å². The van der Waals surface area contributed by atoms with Crippen LogP contribution in [0.25, 0.3) is 0 Å². The molecule has 5 heteroatoms. The van der Waals surface area contributed by atoms with Gasteiger partial charge in [-0.3, -0.25) is 4.79 Å². The van der Waals surface area contributed by atoms with Crippen molar-refractivity contribution in [1.29, 1.82) is 0 Å². The molecule has 0 aromatic heterocycles. The molecule has 0 aliphatic heterocycles. The minimum atomic E-state index is -0.0224. The van der Waals surface area contributed by atoms with E-state index in [-0.39, 0.29) is 18.3 Å². The van der Waals surface area contributed by atoms with E-state index in [1.165, 1.54) is 0 Å². The lowest BCUT2D eigenvalue weighted by molar-refractivity contribution is -0.116. The summed E-state index contributed by atoms with van der Waals surface area (Å²) in [6, 6.07) is 5.42. The second kappa shape index (κ2) is 7.49. The largest absolute Gasteiger partial charge is 0.330 e. The Labute approximate surface area is 107 Å². The third kappa shape index (κ3) is 4.84. The standard InChI is InChI=1S/C11H15ClN2O.ClH/c1-8-4-5-9(12)7-10(8)14-11(15)3-2-6-13;/h4-5,7H,2-3,6,13H2,1H3,(H,14,15);1H. The average Bonchev–Trinajstić information content (AvgIpc) is 2.20. The number of carbonyl (C=O) groups excluding carboxylic acids is 1. The minimum Gasteiger partial charge on any atom is -0.330 e. The number of rotatable bonds is 4. The summed E-state index contributed by atoms with van der Waals surface area (Å²) in [6.45, 7) is 2.46. The number of amides is 1. The summed E-state index contributed by atoms with van der Waals surface area (Å²) >= 11 is 5.83. The van der Waals surface area contributed by atoms with E-state index < -0.39 is 0 Å². The maximum absolute atomic E-state index is 11.4.